The Morgan fingerprint density at radius 1 is 1.19 bits per heavy atom. The Morgan fingerprint density at radius 3 is 2.48 bits per heavy atom. The van der Waals surface area contributed by atoms with Gasteiger partial charge in [-0.15, -0.1) is 0 Å². The average Bonchev–Trinajstić information content (AvgIpc) is 2.48. The van der Waals surface area contributed by atoms with Crippen LogP contribution in [0.4, 0.5) is 0 Å². The summed E-state index contributed by atoms with van der Waals surface area (Å²) >= 11 is 0. The van der Waals surface area contributed by atoms with Crippen molar-refractivity contribution in [2.45, 2.75) is 32.1 Å². The fourth-order valence-corrected chi connectivity index (χ4v) is 3.88. The first-order chi connectivity index (χ1) is 10.1. The van der Waals surface area contributed by atoms with E-state index in [0.717, 1.165) is 38.0 Å². The number of piperidine rings is 2. The van der Waals surface area contributed by atoms with Crippen LogP contribution in [-0.4, -0.2) is 36.3 Å². The molecule has 0 radical (unpaired) electrons. The molecule has 1 aromatic rings. The lowest BCUT2D eigenvalue weighted by atomic mass is 9.62. The minimum Gasteiger partial charge on any atom is -0.304 e. The lowest BCUT2D eigenvalue weighted by Crippen LogP contribution is -2.54. The second kappa shape index (κ2) is 5.60. The van der Waals surface area contributed by atoms with E-state index in [2.05, 4.69) is 17.1 Å². The molecule has 0 bridgehead atoms. The van der Waals surface area contributed by atoms with Crippen molar-refractivity contribution in [2.24, 2.45) is 5.41 Å². The zero-order valence-electron chi connectivity index (χ0n) is 12.5. The number of carbonyl (C=O) groups is 2. The SMILES string of the molecule is CCN1CCC2(CC1)CC(=O)NC(=O)C2c1ccccc1. The predicted molar refractivity (Wildman–Crippen MR) is 80.7 cm³/mol. The third-order valence-electron chi connectivity index (χ3n) is 5.08. The Hall–Kier alpha value is -1.68. The van der Waals surface area contributed by atoms with Crippen LogP contribution in [-0.2, 0) is 9.59 Å². The summed E-state index contributed by atoms with van der Waals surface area (Å²) < 4.78 is 0. The quantitative estimate of drug-likeness (QED) is 0.845. The summed E-state index contributed by atoms with van der Waals surface area (Å²) in [6.45, 7) is 5.14. The van der Waals surface area contributed by atoms with Crippen molar-refractivity contribution in [3.05, 3.63) is 35.9 Å². The van der Waals surface area contributed by atoms with Crippen molar-refractivity contribution in [1.29, 1.82) is 0 Å². The van der Waals surface area contributed by atoms with Crippen molar-refractivity contribution in [3.8, 4) is 0 Å². The van der Waals surface area contributed by atoms with Crippen LogP contribution >= 0.6 is 0 Å². The predicted octanol–water partition coefficient (Wildman–Crippen LogP) is 1.92. The normalized spacial score (nSPS) is 25.9. The van der Waals surface area contributed by atoms with E-state index in [0.29, 0.717) is 6.42 Å². The summed E-state index contributed by atoms with van der Waals surface area (Å²) in [6.07, 6.45) is 2.30. The Bertz CT molecular complexity index is 533. The number of nitrogens with zero attached hydrogens (tertiary/aromatic N) is 1. The fourth-order valence-electron chi connectivity index (χ4n) is 3.88. The van der Waals surface area contributed by atoms with Gasteiger partial charge in [-0.2, -0.15) is 0 Å². The number of nitrogens with one attached hydrogen (secondary N) is 1. The van der Waals surface area contributed by atoms with Gasteiger partial charge in [0.1, 0.15) is 0 Å². The molecule has 2 aliphatic heterocycles. The molecule has 1 unspecified atom stereocenters. The van der Waals surface area contributed by atoms with E-state index >= 15 is 0 Å². The monoisotopic (exact) mass is 286 g/mol. The molecule has 112 valence electrons. The molecule has 0 aromatic heterocycles. The van der Waals surface area contributed by atoms with E-state index in [1.165, 1.54) is 0 Å². The highest BCUT2D eigenvalue weighted by molar-refractivity contribution is 6.02. The molecule has 1 N–H and O–H groups in total. The standard InChI is InChI=1S/C17H22N2O2/c1-2-19-10-8-17(9-11-19)12-14(20)18-16(21)15(17)13-6-4-3-5-7-13/h3-7,15H,2,8-12H2,1H3,(H,18,20,21). The van der Waals surface area contributed by atoms with Crippen molar-refractivity contribution in [1.82, 2.24) is 10.2 Å². The van der Waals surface area contributed by atoms with Crippen LogP contribution in [0.5, 0.6) is 0 Å². The number of amides is 2. The summed E-state index contributed by atoms with van der Waals surface area (Å²) in [4.78, 5) is 26.8. The van der Waals surface area contributed by atoms with E-state index in [4.69, 9.17) is 0 Å². The first kappa shape index (κ1) is 14.3. The van der Waals surface area contributed by atoms with Gasteiger partial charge in [0.25, 0.3) is 0 Å². The van der Waals surface area contributed by atoms with Gasteiger partial charge >= 0.3 is 0 Å². The highest BCUT2D eigenvalue weighted by Crippen LogP contribution is 2.49. The van der Waals surface area contributed by atoms with Crippen LogP contribution in [0, 0.1) is 5.41 Å². The maximum Gasteiger partial charge on any atom is 0.234 e. The maximum atomic E-state index is 12.5. The molecule has 1 spiro atoms. The average molecular weight is 286 g/mol. The van der Waals surface area contributed by atoms with Crippen LogP contribution in [0.1, 0.15) is 37.7 Å². The molecule has 4 nitrogen and oxygen atoms in total. The lowest BCUT2D eigenvalue weighted by molar-refractivity contribution is -0.142. The number of hydrogen-bond donors (Lipinski definition) is 1. The molecule has 4 heteroatoms. The van der Waals surface area contributed by atoms with Gasteiger partial charge in [-0.3, -0.25) is 14.9 Å². The maximum absolute atomic E-state index is 12.5. The topological polar surface area (TPSA) is 49.4 Å². The second-order valence-corrected chi connectivity index (χ2v) is 6.23. The molecule has 0 aliphatic carbocycles. The van der Waals surface area contributed by atoms with Gasteiger partial charge in [-0.05, 0) is 43.5 Å². The van der Waals surface area contributed by atoms with Crippen LogP contribution in [0.15, 0.2) is 30.3 Å². The van der Waals surface area contributed by atoms with E-state index in [-0.39, 0.29) is 23.1 Å². The molecule has 2 saturated heterocycles. The van der Waals surface area contributed by atoms with Crippen molar-refractivity contribution >= 4 is 11.8 Å². The van der Waals surface area contributed by atoms with Crippen LogP contribution in [0.2, 0.25) is 0 Å². The molecule has 1 atom stereocenters. The Kier molecular flexibility index (Phi) is 3.81. The number of imide groups is 1. The zero-order valence-corrected chi connectivity index (χ0v) is 12.5. The van der Waals surface area contributed by atoms with Gasteiger partial charge in [-0.25, -0.2) is 0 Å². The van der Waals surface area contributed by atoms with Crippen molar-refractivity contribution in [3.63, 3.8) is 0 Å². The Morgan fingerprint density at radius 2 is 1.86 bits per heavy atom. The highest BCUT2D eigenvalue weighted by atomic mass is 16.2. The number of rotatable bonds is 2. The summed E-state index contributed by atoms with van der Waals surface area (Å²) in [5.74, 6) is -0.435. The highest BCUT2D eigenvalue weighted by Gasteiger charge is 2.50. The molecular weight excluding hydrogens is 264 g/mol. The molecule has 2 amide bonds. The van der Waals surface area contributed by atoms with Gasteiger partial charge in [0.2, 0.25) is 11.8 Å². The van der Waals surface area contributed by atoms with Gasteiger partial charge in [0, 0.05) is 6.42 Å². The number of likely N-dealkylation sites (tertiary alicyclic amines) is 1. The zero-order chi connectivity index (χ0) is 14.9. The fraction of sp³-hybridized carbons (Fsp3) is 0.529. The van der Waals surface area contributed by atoms with Crippen molar-refractivity contribution < 1.29 is 9.59 Å². The Labute approximate surface area is 125 Å². The van der Waals surface area contributed by atoms with E-state index in [1.54, 1.807) is 0 Å². The first-order valence-electron chi connectivity index (χ1n) is 7.75. The van der Waals surface area contributed by atoms with Gasteiger partial charge < -0.3 is 4.90 Å². The van der Waals surface area contributed by atoms with Gasteiger partial charge in [0.15, 0.2) is 0 Å². The van der Waals surface area contributed by atoms with Crippen LogP contribution in [0.25, 0.3) is 0 Å². The number of hydrogen-bond acceptors (Lipinski definition) is 3. The number of carbonyl (C=O) groups excluding carboxylic acids is 2. The van der Waals surface area contributed by atoms with E-state index < -0.39 is 0 Å². The molecule has 2 fully saturated rings. The van der Waals surface area contributed by atoms with E-state index in [1.807, 2.05) is 30.3 Å². The summed E-state index contributed by atoms with van der Waals surface area (Å²) in [5.41, 5.74) is 0.833. The largest absolute Gasteiger partial charge is 0.304 e. The minimum absolute atomic E-state index is 0.114. The van der Waals surface area contributed by atoms with Crippen LogP contribution in [0.3, 0.4) is 0 Å². The van der Waals surface area contributed by atoms with Gasteiger partial charge in [-0.1, -0.05) is 37.3 Å². The minimum atomic E-state index is -0.202. The smallest absolute Gasteiger partial charge is 0.234 e. The third-order valence-corrected chi connectivity index (χ3v) is 5.08. The molecule has 21 heavy (non-hydrogen) atoms. The van der Waals surface area contributed by atoms with Crippen molar-refractivity contribution in [2.75, 3.05) is 19.6 Å². The molecule has 1 aromatic carbocycles. The number of benzene rings is 1. The summed E-state index contributed by atoms with van der Waals surface area (Å²) in [5, 5.41) is 2.53. The molecule has 0 saturated carbocycles. The first-order valence-corrected chi connectivity index (χ1v) is 7.75. The van der Waals surface area contributed by atoms with Crippen LogP contribution < -0.4 is 5.32 Å². The Balaban J connectivity index is 1.94. The molecular formula is C17H22N2O2. The molecule has 2 aliphatic rings. The molecule has 2 heterocycles. The molecule has 3 rings (SSSR count). The van der Waals surface area contributed by atoms with Gasteiger partial charge in [0.05, 0.1) is 5.92 Å². The second-order valence-electron chi connectivity index (χ2n) is 6.23. The lowest BCUT2D eigenvalue weighted by Gasteiger charge is -2.47. The third kappa shape index (κ3) is 2.60. The van der Waals surface area contributed by atoms with E-state index in [9.17, 15) is 9.59 Å². The summed E-state index contributed by atoms with van der Waals surface area (Å²) in [6, 6.07) is 9.91. The summed E-state index contributed by atoms with van der Waals surface area (Å²) in [7, 11) is 0.